The third kappa shape index (κ3) is 2.38. The Morgan fingerprint density at radius 3 is 3.09 bits per heavy atom. The number of benzene rings is 1. The Morgan fingerprint density at radius 1 is 1.64 bits per heavy atom. The highest BCUT2D eigenvalue weighted by molar-refractivity contribution is 5.15. The van der Waals surface area contributed by atoms with Gasteiger partial charge < -0.3 is 0 Å². The minimum Gasteiger partial charge on any atom is -0.206 e. The van der Waals surface area contributed by atoms with Gasteiger partial charge in [0.25, 0.3) is 0 Å². The van der Waals surface area contributed by atoms with Crippen molar-refractivity contribution >= 4 is 0 Å². The van der Waals surface area contributed by atoms with Gasteiger partial charge in [-0.15, -0.1) is 0 Å². The fraction of sp³-hybridized carbons (Fsp3) is 0.222. The first-order valence-corrected chi connectivity index (χ1v) is 3.36. The number of hydrogen-bond acceptors (Lipinski definition) is 1. The summed E-state index contributed by atoms with van der Waals surface area (Å²) in [5.41, 5.74) is 0.850. The van der Waals surface area contributed by atoms with Crippen molar-refractivity contribution in [3.05, 3.63) is 35.6 Å². The van der Waals surface area contributed by atoms with Crippen molar-refractivity contribution in [3.63, 3.8) is 0 Å². The molecular formula is C9H7FN. The molecule has 1 rings (SSSR count). The smallest absolute Gasteiger partial charge is 0.131 e. The molecule has 0 aliphatic heterocycles. The first kappa shape index (κ1) is 7.74. The highest BCUT2D eigenvalue weighted by Crippen LogP contribution is 2.04. The second-order valence-corrected chi connectivity index (χ2v) is 2.20. The van der Waals surface area contributed by atoms with Gasteiger partial charge >= 0.3 is 0 Å². The van der Waals surface area contributed by atoms with Gasteiger partial charge in [-0.3, -0.25) is 0 Å². The van der Waals surface area contributed by atoms with Crippen molar-refractivity contribution in [1.82, 2.24) is 0 Å². The van der Waals surface area contributed by atoms with Gasteiger partial charge in [0.2, 0.25) is 0 Å². The average Bonchev–Trinajstić information content (AvgIpc) is 2.01. The molecule has 0 amide bonds. The molecule has 0 saturated heterocycles. The molecule has 1 radical (unpaired) electrons. The SMILES string of the molecule is N#CCCc1cc[c]c(F)c1. The maximum Gasteiger partial charge on any atom is 0.131 e. The van der Waals surface area contributed by atoms with Crippen LogP contribution in [-0.2, 0) is 6.42 Å². The molecule has 0 atom stereocenters. The Kier molecular flexibility index (Phi) is 2.62. The maximum absolute atomic E-state index is 12.5. The van der Waals surface area contributed by atoms with Crippen molar-refractivity contribution in [2.75, 3.05) is 0 Å². The zero-order valence-corrected chi connectivity index (χ0v) is 5.97. The molecule has 0 fully saturated rings. The zero-order chi connectivity index (χ0) is 8.10. The first-order chi connectivity index (χ1) is 5.33. The summed E-state index contributed by atoms with van der Waals surface area (Å²) in [5.74, 6) is -0.361. The highest BCUT2D eigenvalue weighted by atomic mass is 19.1. The summed E-state index contributed by atoms with van der Waals surface area (Å²) in [6, 6.07) is 9.10. The molecule has 55 valence electrons. The second kappa shape index (κ2) is 3.72. The topological polar surface area (TPSA) is 23.8 Å². The summed E-state index contributed by atoms with van der Waals surface area (Å²) in [6.45, 7) is 0. The molecule has 0 aliphatic rings. The average molecular weight is 148 g/mol. The van der Waals surface area contributed by atoms with E-state index in [0.717, 1.165) is 5.56 Å². The van der Waals surface area contributed by atoms with Gasteiger partial charge in [0.1, 0.15) is 5.82 Å². The van der Waals surface area contributed by atoms with Gasteiger partial charge in [-0.1, -0.05) is 12.1 Å². The summed E-state index contributed by atoms with van der Waals surface area (Å²) < 4.78 is 12.5. The lowest BCUT2D eigenvalue weighted by Crippen LogP contribution is -1.84. The predicted molar refractivity (Wildman–Crippen MR) is 39.2 cm³/mol. The van der Waals surface area contributed by atoms with Crippen LogP contribution in [0.15, 0.2) is 18.2 Å². The largest absolute Gasteiger partial charge is 0.206 e. The molecule has 1 aromatic rings. The van der Waals surface area contributed by atoms with E-state index in [4.69, 9.17) is 5.26 Å². The van der Waals surface area contributed by atoms with E-state index in [1.165, 1.54) is 12.1 Å². The van der Waals surface area contributed by atoms with E-state index >= 15 is 0 Å². The van der Waals surface area contributed by atoms with Crippen LogP contribution in [0.2, 0.25) is 0 Å². The molecular weight excluding hydrogens is 141 g/mol. The first-order valence-electron chi connectivity index (χ1n) is 3.36. The Morgan fingerprint density at radius 2 is 2.45 bits per heavy atom. The molecule has 1 aromatic carbocycles. The molecule has 0 aliphatic carbocycles. The number of rotatable bonds is 2. The van der Waals surface area contributed by atoms with Crippen LogP contribution in [0.5, 0.6) is 0 Å². The summed E-state index contributed by atoms with van der Waals surface area (Å²) in [7, 11) is 0. The number of nitriles is 1. The van der Waals surface area contributed by atoms with Gasteiger partial charge in [0, 0.05) is 12.5 Å². The van der Waals surface area contributed by atoms with Gasteiger partial charge in [0.15, 0.2) is 0 Å². The maximum atomic E-state index is 12.5. The number of aryl methyl sites for hydroxylation is 1. The van der Waals surface area contributed by atoms with Crippen LogP contribution in [0, 0.1) is 23.2 Å². The number of halogens is 1. The predicted octanol–water partition coefficient (Wildman–Crippen LogP) is 2.08. The second-order valence-electron chi connectivity index (χ2n) is 2.20. The molecule has 11 heavy (non-hydrogen) atoms. The number of hydrogen-bond donors (Lipinski definition) is 0. The van der Waals surface area contributed by atoms with Crippen LogP contribution in [0.25, 0.3) is 0 Å². The fourth-order valence-corrected chi connectivity index (χ4v) is 0.837. The molecule has 1 nitrogen and oxygen atoms in total. The van der Waals surface area contributed by atoms with Crippen LogP contribution in [0.4, 0.5) is 4.39 Å². The van der Waals surface area contributed by atoms with Crippen LogP contribution in [0.3, 0.4) is 0 Å². The standard InChI is InChI=1S/C9H7FN/c10-9-5-1-3-8(7-9)4-2-6-11/h1,3,7H,2,4H2. The lowest BCUT2D eigenvalue weighted by Gasteiger charge is -1.94. The van der Waals surface area contributed by atoms with Crippen LogP contribution >= 0.6 is 0 Å². The van der Waals surface area contributed by atoms with Crippen molar-refractivity contribution in [2.45, 2.75) is 12.8 Å². The Bertz CT molecular complexity index is 275. The van der Waals surface area contributed by atoms with E-state index < -0.39 is 0 Å². The van der Waals surface area contributed by atoms with Gasteiger partial charge in [-0.2, -0.15) is 5.26 Å². The summed E-state index contributed by atoms with van der Waals surface area (Å²) in [6.07, 6.45) is 1.05. The molecule has 0 unspecified atom stereocenters. The summed E-state index contributed by atoms with van der Waals surface area (Å²) in [4.78, 5) is 0. The van der Waals surface area contributed by atoms with Crippen LogP contribution in [-0.4, -0.2) is 0 Å². The zero-order valence-electron chi connectivity index (χ0n) is 5.97. The van der Waals surface area contributed by atoms with E-state index in [1.54, 1.807) is 6.07 Å². The van der Waals surface area contributed by atoms with Crippen LogP contribution in [0.1, 0.15) is 12.0 Å². The van der Waals surface area contributed by atoms with E-state index in [9.17, 15) is 4.39 Å². The molecule has 2 heteroatoms. The quantitative estimate of drug-likeness (QED) is 0.629. The van der Waals surface area contributed by atoms with Crippen molar-refractivity contribution in [2.24, 2.45) is 0 Å². The van der Waals surface area contributed by atoms with Crippen LogP contribution < -0.4 is 0 Å². The van der Waals surface area contributed by atoms with E-state index in [2.05, 4.69) is 6.07 Å². The normalized spacial score (nSPS) is 9.09. The van der Waals surface area contributed by atoms with Gasteiger partial charge in [0.05, 0.1) is 6.07 Å². The lowest BCUT2D eigenvalue weighted by molar-refractivity contribution is 0.623. The van der Waals surface area contributed by atoms with Crippen molar-refractivity contribution in [3.8, 4) is 6.07 Å². The third-order valence-electron chi connectivity index (χ3n) is 1.36. The fourth-order valence-electron chi connectivity index (χ4n) is 0.837. The molecule has 0 N–H and O–H groups in total. The summed E-state index contributed by atoms with van der Waals surface area (Å²) in [5, 5.41) is 8.25. The van der Waals surface area contributed by atoms with Crippen molar-refractivity contribution < 1.29 is 4.39 Å². The highest BCUT2D eigenvalue weighted by Gasteiger charge is 1.93. The van der Waals surface area contributed by atoms with E-state index in [1.807, 2.05) is 6.07 Å². The molecule has 0 heterocycles. The molecule has 0 bridgehead atoms. The van der Waals surface area contributed by atoms with Crippen molar-refractivity contribution in [1.29, 1.82) is 5.26 Å². The van der Waals surface area contributed by atoms with Gasteiger partial charge in [-0.25, -0.2) is 4.39 Å². The van der Waals surface area contributed by atoms with E-state index in [-0.39, 0.29) is 5.82 Å². The molecule has 0 spiro atoms. The lowest BCUT2D eigenvalue weighted by atomic mass is 10.1. The number of nitrogens with zero attached hydrogens (tertiary/aromatic N) is 1. The van der Waals surface area contributed by atoms with Gasteiger partial charge in [-0.05, 0) is 18.1 Å². The Hall–Kier alpha value is -1.36. The third-order valence-corrected chi connectivity index (χ3v) is 1.36. The Balaban J connectivity index is 2.65. The minimum atomic E-state index is -0.361. The Labute approximate surface area is 65.1 Å². The monoisotopic (exact) mass is 148 g/mol. The van der Waals surface area contributed by atoms with E-state index in [0.29, 0.717) is 12.8 Å². The minimum absolute atomic E-state index is 0.361. The molecule has 0 saturated carbocycles. The summed E-state index contributed by atoms with van der Waals surface area (Å²) >= 11 is 0. The molecule has 0 aromatic heterocycles.